The molecular formula is C20H30N2O2. The molecule has 2 fully saturated rings. The Labute approximate surface area is 145 Å². The van der Waals surface area contributed by atoms with Crippen molar-refractivity contribution in [2.75, 3.05) is 31.6 Å². The minimum absolute atomic E-state index is 0.0173. The molecule has 0 aliphatic carbocycles. The van der Waals surface area contributed by atoms with Gasteiger partial charge in [0.25, 0.3) is 0 Å². The summed E-state index contributed by atoms with van der Waals surface area (Å²) in [6.45, 7) is 9.83. The van der Waals surface area contributed by atoms with E-state index in [2.05, 4.69) is 37.1 Å². The number of hydrogen-bond donors (Lipinski definition) is 1. The summed E-state index contributed by atoms with van der Waals surface area (Å²) in [6.07, 6.45) is 4.34. The predicted molar refractivity (Wildman–Crippen MR) is 97.2 cm³/mol. The van der Waals surface area contributed by atoms with Crippen LogP contribution in [-0.4, -0.2) is 42.6 Å². The van der Waals surface area contributed by atoms with Gasteiger partial charge in [0.05, 0.1) is 18.8 Å². The second kappa shape index (κ2) is 6.85. The van der Waals surface area contributed by atoms with Gasteiger partial charge in [-0.05, 0) is 69.7 Å². The van der Waals surface area contributed by atoms with Crippen molar-refractivity contribution in [3.05, 3.63) is 29.8 Å². The summed E-state index contributed by atoms with van der Waals surface area (Å²) in [4.78, 5) is 14.7. The van der Waals surface area contributed by atoms with Crippen LogP contribution in [0.1, 0.15) is 45.6 Å². The van der Waals surface area contributed by atoms with Crippen LogP contribution in [0.4, 0.5) is 5.69 Å². The van der Waals surface area contributed by atoms with Crippen molar-refractivity contribution in [1.29, 1.82) is 0 Å². The fraction of sp³-hybridized carbons (Fsp3) is 0.650. The number of carbonyl (C=O) groups excluding carboxylic acids is 1. The molecule has 0 radical (unpaired) electrons. The number of hydrogen-bond acceptors (Lipinski definition) is 3. The number of anilines is 1. The zero-order valence-corrected chi connectivity index (χ0v) is 15.2. The average Bonchev–Trinajstić information content (AvgIpc) is 2.85. The third kappa shape index (κ3) is 3.98. The normalized spacial score (nSPS) is 22.6. The zero-order valence-electron chi connectivity index (χ0n) is 15.2. The first-order chi connectivity index (χ1) is 11.4. The average molecular weight is 330 g/mol. The first-order valence-electron chi connectivity index (χ1n) is 9.15. The maximum atomic E-state index is 12.4. The monoisotopic (exact) mass is 330 g/mol. The summed E-state index contributed by atoms with van der Waals surface area (Å²) >= 11 is 0. The SMILES string of the molecule is CCc1ccccc1NC(=O)CN1CCC2(CC1)COC(C)(C)C2. The van der Waals surface area contributed by atoms with Crippen LogP contribution in [0.15, 0.2) is 24.3 Å². The highest BCUT2D eigenvalue weighted by Gasteiger charge is 2.45. The predicted octanol–water partition coefficient (Wildman–Crippen LogP) is 3.47. The van der Waals surface area contributed by atoms with Gasteiger partial charge in [-0.25, -0.2) is 0 Å². The molecule has 2 aliphatic heterocycles. The Kier molecular flexibility index (Phi) is 4.97. The van der Waals surface area contributed by atoms with E-state index in [1.807, 2.05) is 18.2 Å². The summed E-state index contributed by atoms with van der Waals surface area (Å²) in [5.41, 5.74) is 2.49. The van der Waals surface area contributed by atoms with E-state index in [0.29, 0.717) is 12.0 Å². The maximum Gasteiger partial charge on any atom is 0.238 e. The Bertz CT molecular complexity index is 589. The number of likely N-dealkylation sites (tertiary alicyclic amines) is 1. The number of benzene rings is 1. The molecular weight excluding hydrogens is 300 g/mol. The van der Waals surface area contributed by atoms with Crippen LogP contribution in [-0.2, 0) is 16.0 Å². The molecule has 0 saturated carbocycles. The minimum atomic E-state index is 0.0173. The molecule has 1 spiro atoms. The molecule has 0 atom stereocenters. The number of carbonyl (C=O) groups is 1. The molecule has 0 bridgehead atoms. The number of aryl methyl sites for hydroxylation is 1. The van der Waals surface area contributed by atoms with Crippen LogP contribution in [0, 0.1) is 5.41 Å². The van der Waals surface area contributed by atoms with E-state index < -0.39 is 0 Å². The van der Waals surface area contributed by atoms with Crippen molar-refractivity contribution < 1.29 is 9.53 Å². The zero-order chi connectivity index (χ0) is 17.2. The molecule has 1 amide bonds. The highest BCUT2D eigenvalue weighted by atomic mass is 16.5. The van der Waals surface area contributed by atoms with Crippen molar-refractivity contribution in [3.63, 3.8) is 0 Å². The molecule has 2 heterocycles. The van der Waals surface area contributed by atoms with Crippen LogP contribution in [0.5, 0.6) is 0 Å². The van der Waals surface area contributed by atoms with Gasteiger partial charge in [-0.3, -0.25) is 9.69 Å². The summed E-state index contributed by atoms with van der Waals surface area (Å²) < 4.78 is 5.96. The number of amides is 1. The highest BCUT2D eigenvalue weighted by molar-refractivity contribution is 5.93. The third-order valence-electron chi connectivity index (χ3n) is 5.53. The van der Waals surface area contributed by atoms with Crippen molar-refractivity contribution in [2.45, 2.75) is 52.1 Å². The van der Waals surface area contributed by atoms with Gasteiger partial charge in [-0.2, -0.15) is 0 Å². The lowest BCUT2D eigenvalue weighted by Crippen LogP contribution is -2.44. The van der Waals surface area contributed by atoms with Crippen LogP contribution >= 0.6 is 0 Å². The van der Waals surface area contributed by atoms with Gasteiger partial charge in [0.15, 0.2) is 0 Å². The van der Waals surface area contributed by atoms with Gasteiger partial charge in [0, 0.05) is 5.69 Å². The topological polar surface area (TPSA) is 41.6 Å². The van der Waals surface area contributed by atoms with Crippen LogP contribution in [0.2, 0.25) is 0 Å². The molecule has 0 aromatic heterocycles. The number of piperidine rings is 1. The fourth-order valence-electron chi connectivity index (χ4n) is 4.20. The third-order valence-corrected chi connectivity index (χ3v) is 5.53. The van der Waals surface area contributed by atoms with Gasteiger partial charge in [-0.15, -0.1) is 0 Å². The number of rotatable bonds is 4. The first-order valence-corrected chi connectivity index (χ1v) is 9.15. The van der Waals surface area contributed by atoms with E-state index in [4.69, 9.17) is 4.74 Å². The van der Waals surface area contributed by atoms with Gasteiger partial charge in [-0.1, -0.05) is 25.1 Å². The largest absolute Gasteiger partial charge is 0.375 e. The molecule has 2 saturated heterocycles. The van der Waals surface area contributed by atoms with E-state index in [-0.39, 0.29) is 11.5 Å². The lowest BCUT2D eigenvalue weighted by Gasteiger charge is -2.38. The fourth-order valence-corrected chi connectivity index (χ4v) is 4.20. The molecule has 0 unspecified atom stereocenters. The minimum Gasteiger partial charge on any atom is -0.375 e. The van der Waals surface area contributed by atoms with Crippen LogP contribution < -0.4 is 5.32 Å². The summed E-state index contributed by atoms with van der Waals surface area (Å²) in [5.74, 6) is 0.0925. The highest BCUT2D eigenvalue weighted by Crippen LogP contribution is 2.46. The van der Waals surface area contributed by atoms with Crippen molar-refractivity contribution >= 4 is 11.6 Å². The van der Waals surface area contributed by atoms with Gasteiger partial charge in [0.1, 0.15) is 0 Å². The Morgan fingerprint density at radius 2 is 1.96 bits per heavy atom. The summed E-state index contributed by atoms with van der Waals surface area (Å²) in [5, 5.41) is 3.08. The second-order valence-electron chi connectivity index (χ2n) is 8.06. The molecule has 24 heavy (non-hydrogen) atoms. The molecule has 4 nitrogen and oxygen atoms in total. The molecule has 132 valence electrons. The van der Waals surface area contributed by atoms with E-state index in [1.165, 1.54) is 5.56 Å². The Hall–Kier alpha value is -1.39. The standard InChI is InChI=1S/C20H30N2O2/c1-4-16-7-5-6-8-17(16)21-18(23)13-22-11-9-20(10-12-22)14-19(2,3)24-15-20/h5-8H,4,9-15H2,1-3H3,(H,21,23). The molecule has 3 rings (SSSR count). The van der Waals surface area contributed by atoms with Gasteiger partial charge in [0.2, 0.25) is 5.91 Å². The lowest BCUT2D eigenvalue weighted by molar-refractivity contribution is -0.117. The van der Waals surface area contributed by atoms with Crippen LogP contribution in [0.3, 0.4) is 0 Å². The van der Waals surface area contributed by atoms with Gasteiger partial charge < -0.3 is 10.1 Å². The summed E-state index contributed by atoms with van der Waals surface area (Å²) in [7, 11) is 0. The van der Waals surface area contributed by atoms with E-state index in [9.17, 15) is 4.79 Å². The second-order valence-corrected chi connectivity index (χ2v) is 8.06. The molecule has 1 N–H and O–H groups in total. The van der Waals surface area contributed by atoms with E-state index in [1.54, 1.807) is 0 Å². The number of ether oxygens (including phenoxy) is 1. The van der Waals surface area contributed by atoms with Crippen LogP contribution in [0.25, 0.3) is 0 Å². The van der Waals surface area contributed by atoms with Crippen molar-refractivity contribution in [1.82, 2.24) is 4.90 Å². The number of nitrogens with one attached hydrogen (secondary N) is 1. The quantitative estimate of drug-likeness (QED) is 0.919. The Morgan fingerprint density at radius 3 is 2.58 bits per heavy atom. The summed E-state index contributed by atoms with van der Waals surface area (Å²) in [6, 6.07) is 8.05. The number of para-hydroxylation sites is 1. The number of nitrogens with zero attached hydrogens (tertiary/aromatic N) is 1. The van der Waals surface area contributed by atoms with Gasteiger partial charge >= 0.3 is 0 Å². The maximum absolute atomic E-state index is 12.4. The molecule has 1 aromatic rings. The Morgan fingerprint density at radius 1 is 1.25 bits per heavy atom. The van der Waals surface area contributed by atoms with E-state index >= 15 is 0 Å². The first kappa shape index (κ1) is 17.4. The molecule has 1 aromatic carbocycles. The lowest BCUT2D eigenvalue weighted by atomic mass is 9.74. The molecule has 2 aliphatic rings. The smallest absolute Gasteiger partial charge is 0.238 e. The Balaban J connectivity index is 1.50. The van der Waals surface area contributed by atoms with Crippen molar-refractivity contribution in [2.24, 2.45) is 5.41 Å². The molecule has 4 heteroatoms. The van der Waals surface area contributed by atoms with Crippen molar-refractivity contribution in [3.8, 4) is 0 Å². The van der Waals surface area contributed by atoms with E-state index in [0.717, 1.165) is 51.1 Å².